The molecule has 0 amide bonds. The summed E-state index contributed by atoms with van der Waals surface area (Å²) >= 11 is 1.45. The summed E-state index contributed by atoms with van der Waals surface area (Å²) in [6.45, 7) is 6.46. The van der Waals surface area contributed by atoms with Crippen molar-refractivity contribution >= 4 is 23.2 Å². The van der Waals surface area contributed by atoms with Crippen LogP contribution >= 0.6 is 11.5 Å². The van der Waals surface area contributed by atoms with E-state index in [1.807, 2.05) is 27.0 Å². The van der Waals surface area contributed by atoms with Crippen molar-refractivity contribution in [3.8, 4) is 5.75 Å². The van der Waals surface area contributed by atoms with E-state index in [0.29, 0.717) is 18.0 Å². The molecule has 2 aromatic rings. The molecule has 0 bridgehead atoms. The maximum atomic E-state index is 11.1. The first-order chi connectivity index (χ1) is 9.97. The number of carboxylic acids is 1. The molecular formula is C15H18N2O3S. The van der Waals surface area contributed by atoms with Crippen LogP contribution in [-0.4, -0.2) is 21.6 Å². The largest absolute Gasteiger partial charge is 0.489 e. The lowest BCUT2D eigenvalue weighted by Crippen LogP contribution is -2.10. The number of hydrogen-bond donors (Lipinski definition) is 2. The van der Waals surface area contributed by atoms with Gasteiger partial charge >= 0.3 is 5.97 Å². The third-order valence-corrected chi connectivity index (χ3v) is 3.66. The van der Waals surface area contributed by atoms with Gasteiger partial charge in [-0.2, -0.15) is 0 Å². The molecule has 0 saturated carbocycles. The summed E-state index contributed by atoms with van der Waals surface area (Å²) in [5.74, 6) is -0.307. The molecule has 1 aromatic heterocycles. The second-order valence-corrected chi connectivity index (χ2v) is 5.95. The Kier molecular flexibility index (Phi) is 4.80. The summed E-state index contributed by atoms with van der Waals surface area (Å²) in [5.41, 5.74) is 2.00. The smallest absolute Gasteiger partial charge is 0.335 e. The van der Waals surface area contributed by atoms with Crippen molar-refractivity contribution in [3.63, 3.8) is 0 Å². The standard InChI is InChI=1S/C15H18N2O3S/c1-9(2)20-14-5-4-11(15(18)19)6-13(14)16-7-12-8-17-21-10(12)3/h4-6,8-9,16H,7H2,1-3H3,(H,18,19). The minimum atomic E-state index is -0.956. The van der Waals surface area contributed by atoms with Crippen molar-refractivity contribution in [1.82, 2.24) is 4.37 Å². The van der Waals surface area contributed by atoms with Gasteiger partial charge in [-0.25, -0.2) is 9.17 Å². The molecule has 2 N–H and O–H groups in total. The SMILES string of the molecule is Cc1sncc1CNc1cc(C(=O)O)ccc1OC(C)C. The van der Waals surface area contributed by atoms with Gasteiger partial charge in [-0.15, -0.1) is 0 Å². The molecule has 0 unspecified atom stereocenters. The van der Waals surface area contributed by atoms with Gasteiger partial charge in [-0.1, -0.05) is 0 Å². The third-order valence-electron chi connectivity index (χ3n) is 2.91. The van der Waals surface area contributed by atoms with E-state index in [0.717, 1.165) is 10.4 Å². The van der Waals surface area contributed by atoms with Crippen molar-refractivity contribution in [3.05, 3.63) is 40.4 Å². The van der Waals surface area contributed by atoms with Gasteiger partial charge in [-0.05, 0) is 50.5 Å². The number of carbonyl (C=O) groups is 1. The normalized spacial score (nSPS) is 10.7. The summed E-state index contributed by atoms with van der Waals surface area (Å²) in [6.07, 6.45) is 1.84. The fourth-order valence-corrected chi connectivity index (χ4v) is 2.42. The van der Waals surface area contributed by atoms with Gasteiger partial charge in [0.25, 0.3) is 0 Å². The molecule has 0 radical (unpaired) electrons. The Bertz CT molecular complexity index is 638. The van der Waals surface area contributed by atoms with Gasteiger partial charge in [0.2, 0.25) is 0 Å². The number of aryl methyl sites for hydroxylation is 1. The van der Waals surface area contributed by atoms with Gasteiger partial charge < -0.3 is 15.2 Å². The quantitative estimate of drug-likeness (QED) is 0.854. The minimum absolute atomic E-state index is 0.0192. The highest BCUT2D eigenvalue weighted by molar-refractivity contribution is 7.05. The number of nitrogens with zero attached hydrogens (tertiary/aromatic N) is 1. The number of rotatable bonds is 6. The summed E-state index contributed by atoms with van der Waals surface area (Å²) in [7, 11) is 0. The Morgan fingerprint density at radius 3 is 2.81 bits per heavy atom. The molecule has 21 heavy (non-hydrogen) atoms. The Balaban J connectivity index is 2.23. The van der Waals surface area contributed by atoms with Crippen LogP contribution in [-0.2, 0) is 6.54 Å². The summed E-state index contributed by atoms with van der Waals surface area (Å²) in [5, 5.41) is 12.3. The van der Waals surface area contributed by atoms with Crippen LogP contribution in [0.2, 0.25) is 0 Å². The van der Waals surface area contributed by atoms with Gasteiger partial charge in [0.1, 0.15) is 5.75 Å². The molecule has 1 heterocycles. The number of carboxylic acid groups (broad SMARTS) is 1. The number of aromatic carboxylic acids is 1. The van der Waals surface area contributed by atoms with E-state index in [9.17, 15) is 4.79 Å². The summed E-state index contributed by atoms with van der Waals surface area (Å²) in [4.78, 5) is 12.2. The van der Waals surface area contributed by atoms with Crippen LogP contribution in [0.15, 0.2) is 24.4 Å². The highest BCUT2D eigenvalue weighted by Crippen LogP contribution is 2.28. The first-order valence-electron chi connectivity index (χ1n) is 6.65. The van der Waals surface area contributed by atoms with E-state index in [1.165, 1.54) is 11.5 Å². The number of aromatic nitrogens is 1. The van der Waals surface area contributed by atoms with Gasteiger partial charge in [-0.3, -0.25) is 0 Å². The Morgan fingerprint density at radius 1 is 1.48 bits per heavy atom. The predicted molar refractivity (Wildman–Crippen MR) is 83.3 cm³/mol. The molecule has 0 saturated heterocycles. The molecule has 0 aliphatic heterocycles. The van der Waals surface area contributed by atoms with Gasteiger partial charge in [0.15, 0.2) is 0 Å². The van der Waals surface area contributed by atoms with Crippen LogP contribution in [0.25, 0.3) is 0 Å². The highest BCUT2D eigenvalue weighted by Gasteiger charge is 2.11. The van der Waals surface area contributed by atoms with Crippen LogP contribution in [0.1, 0.15) is 34.6 Å². The first-order valence-corrected chi connectivity index (χ1v) is 7.42. The summed E-state index contributed by atoms with van der Waals surface area (Å²) < 4.78 is 9.84. The number of benzene rings is 1. The zero-order valence-corrected chi connectivity index (χ0v) is 13.0. The van der Waals surface area contributed by atoms with E-state index < -0.39 is 5.97 Å². The fraction of sp³-hybridized carbons (Fsp3) is 0.333. The monoisotopic (exact) mass is 306 g/mol. The van der Waals surface area contributed by atoms with Crippen molar-refractivity contribution in [2.75, 3.05) is 5.32 Å². The van der Waals surface area contributed by atoms with E-state index in [1.54, 1.807) is 18.2 Å². The molecule has 0 spiro atoms. The predicted octanol–water partition coefficient (Wildman–Crippen LogP) is 3.55. The number of nitrogens with one attached hydrogen (secondary N) is 1. The molecule has 2 rings (SSSR count). The molecule has 5 nitrogen and oxygen atoms in total. The van der Waals surface area contributed by atoms with E-state index in [-0.39, 0.29) is 11.7 Å². The van der Waals surface area contributed by atoms with E-state index in [4.69, 9.17) is 9.84 Å². The van der Waals surface area contributed by atoms with E-state index >= 15 is 0 Å². The second-order valence-electron chi connectivity index (χ2n) is 4.94. The molecule has 112 valence electrons. The zero-order chi connectivity index (χ0) is 15.4. The maximum Gasteiger partial charge on any atom is 0.335 e. The van der Waals surface area contributed by atoms with Crippen LogP contribution in [0.3, 0.4) is 0 Å². The molecule has 0 aliphatic rings. The second kappa shape index (κ2) is 6.58. The summed E-state index contributed by atoms with van der Waals surface area (Å²) in [6, 6.07) is 4.82. The van der Waals surface area contributed by atoms with Gasteiger partial charge in [0, 0.05) is 23.2 Å². The topological polar surface area (TPSA) is 71.5 Å². The number of hydrogen-bond acceptors (Lipinski definition) is 5. The fourth-order valence-electron chi connectivity index (χ4n) is 1.84. The molecule has 1 aromatic carbocycles. The Labute approximate surface area is 127 Å². The van der Waals surface area contributed by atoms with Crippen LogP contribution in [0, 0.1) is 6.92 Å². The average molecular weight is 306 g/mol. The lowest BCUT2D eigenvalue weighted by atomic mass is 10.1. The lowest BCUT2D eigenvalue weighted by Gasteiger charge is -2.16. The zero-order valence-electron chi connectivity index (χ0n) is 12.2. The molecule has 0 fully saturated rings. The van der Waals surface area contributed by atoms with Crippen molar-refractivity contribution in [2.45, 2.75) is 33.4 Å². The van der Waals surface area contributed by atoms with Crippen molar-refractivity contribution in [1.29, 1.82) is 0 Å². The third kappa shape index (κ3) is 3.95. The Morgan fingerprint density at radius 2 is 2.24 bits per heavy atom. The van der Waals surface area contributed by atoms with Crippen LogP contribution in [0.5, 0.6) is 5.75 Å². The molecule has 6 heteroatoms. The molecule has 0 atom stereocenters. The lowest BCUT2D eigenvalue weighted by molar-refractivity contribution is 0.0697. The number of anilines is 1. The van der Waals surface area contributed by atoms with Crippen LogP contribution < -0.4 is 10.1 Å². The first kappa shape index (κ1) is 15.3. The molecule has 0 aliphatic carbocycles. The Hall–Kier alpha value is -2.08. The minimum Gasteiger partial charge on any atom is -0.489 e. The maximum absolute atomic E-state index is 11.1. The number of ether oxygens (including phenoxy) is 1. The molecular weight excluding hydrogens is 288 g/mol. The van der Waals surface area contributed by atoms with Gasteiger partial charge in [0.05, 0.1) is 17.4 Å². The highest BCUT2D eigenvalue weighted by atomic mass is 32.1. The van der Waals surface area contributed by atoms with Crippen molar-refractivity contribution < 1.29 is 14.6 Å². The average Bonchev–Trinajstić information content (AvgIpc) is 2.82. The van der Waals surface area contributed by atoms with E-state index in [2.05, 4.69) is 9.69 Å². The van der Waals surface area contributed by atoms with Crippen LogP contribution in [0.4, 0.5) is 5.69 Å². The van der Waals surface area contributed by atoms with Crippen molar-refractivity contribution in [2.24, 2.45) is 0 Å².